The number of nitrogens with one attached hydrogen (secondary N) is 2. The van der Waals surface area contributed by atoms with E-state index in [1.165, 1.54) is 6.20 Å². The van der Waals surface area contributed by atoms with Gasteiger partial charge in [-0.2, -0.15) is 0 Å². The van der Waals surface area contributed by atoms with E-state index in [0.29, 0.717) is 24.8 Å². The van der Waals surface area contributed by atoms with Crippen LogP contribution in [-0.2, 0) is 6.54 Å². The molecule has 4 N–H and O–H groups in total. The van der Waals surface area contributed by atoms with Crippen LogP contribution in [0.4, 0.5) is 0 Å². The largest absolute Gasteiger partial charge is 0.329 e. The number of hydrogen-bond acceptors (Lipinski definition) is 6. The number of rotatable bonds is 6. The quantitative estimate of drug-likeness (QED) is 0.378. The standard InChI is InChI=1S/C19H28N6O2S/c1-24-9-7-14(8-10-24)11-19(20)17(25(26)27)13-22-18(23-19)21-12-15-5-3-4-6-16(15)28-2/h3-6,13-14H,7-12,20H2,1-2H3,(H2,21,22,23). The zero-order chi connectivity index (χ0) is 20.1. The number of likely N-dealkylation sites (tertiary alicyclic amines) is 1. The van der Waals surface area contributed by atoms with Crippen LogP contribution >= 0.6 is 11.8 Å². The molecular weight excluding hydrogens is 376 g/mol. The van der Waals surface area contributed by atoms with Gasteiger partial charge >= 0.3 is 5.70 Å². The summed E-state index contributed by atoms with van der Waals surface area (Å²) in [6, 6.07) is 8.07. The van der Waals surface area contributed by atoms with E-state index < -0.39 is 10.6 Å². The zero-order valence-corrected chi connectivity index (χ0v) is 17.2. The highest BCUT2D eigenvalue weighted by atomic mass is 32.2. The Kier molecular flexibility index (Phi) is 6.58. The molecule has 0 spiro atoms. The lowest BCUT2D eigenvalue weighted by Gasteiger charge is -2.37. The van der Waals surface area contributed by atoms with Crippen LogP contribution in [0.1, 0.15) is 24.8 Å². The fourth-order valence-electron chi connectivity index (χ4n) is 3.75. The first kappa shape index (κ1) is 20.6. The molecule has 2 heterocycles. The lowest BCUT2D eigenvalue weighted by Crippen LogP contribution is -2.64. The predicted molar refractivity (Wildman–Crippen MR) is 112 cm³/mol. The number of nitrogens with two attached hydrogens (primary N) is 1. The van der Waals surface area contributed by atoms with Crippen molar-refractivity contribution in [2.75, 3.05) is 26.4 Å². The van der Waals surface area contributed by atoms with E-state index in [2.05, 4.69) is 33.6 Å². The summed E-state index contributed by atoms with van der Waals surface area (Å²) in [6.07, 6.45) is 5.90. The molecule has 28 heavy (non-hydrogen) atoms. The van der Waals surface area contributed by atoms with Crippen molar-refractivity contribution < 1.29 is 4.92 Å². The van der Waals surface area contributed by atoms with Crippen LogP contribution < -0.4 is 16.4 Å². The molecule has 9 heteroatoms. The van der Waals surface area contributed by atoms with E-state index in [1.807, 2.05) is 24.5 Å². The summed E-state index contributed by atoms with van der Waals surface area (Å²) in [4.78, 5) is 19.2. The average molecular weight is 405 g/mol. The number of guanidine groups is 1. The molecule has 2 aliphatic heterocycles. The first-order chi connectivity index (χ1) is 13.4. The van der Waals surface area contributed by atoms with Gasteiger partial charge < -0.3 is 15.5 Å². The van der Waals surface area contributed by atoms with Crippen LogP contribution in [0.3, 0.4) is 0 Å². The van der Waals surface area contributed by atoms with Gasteiger partial charge in [0.25, 0.3) is 0 Å². The smallest absolute Gasteiger partial charge is 0.301 e. The Bertz CT molecular complexity index is 775. The highest BCUT2D eigenvalue weighted by molar-refractivity contribution is 7.98. The lowest BCUT2D eigenvalue weighted by molar-refractivity contribution is -0.437. The van der Waals surface area contributed by atoms with Crippen molar-refractivity contribution in [2.45, 2.75) is 36.4 Å². The van der Waals surface area contributed by atoms with Gasteiger partial charge in [-0.05, 0) is 63.2 Å². The third-order valence-electron chi connectivity index (χ3n) is 5.39. The van der Waals surface area contributed by atoms with Gasteiger partial charge in [-0.1, -0.05) is 18.2 Å². The monoisotopic (exact) mass is 404 g/mol. The van der Waals surface area contributed by atoms with Crippen LogP contribution in [0.5, 0.6) is 0 Å². The summed E-state index contributed by atoms with van der Waals surface area (Å²) >= 11 is 1.67. The second kappa shape index (κ2) is 8.93. The molecule has 1 aromatic carbocycles. The third kappa shape index (κ3) is 4.84. The SMILES string of the molecule is CSc1ccccc1CN=C1NC=C([N+](=O)[O-])C(N)(CC2CCN(C)CC2)N1. The van der Waals surface area contributed by atoms with Gasteiger partial charge in [0.05, 0.1) is 17.7 Å². The highest BCUT2D eigenvalue weighted by Gasteiger charge is 2.44. The van der Waals surface area contributed by atoms with Crippen molar-refractivity contribution in [3.05, 3.63) is 51.8 Å². The number of aliphatic imine (C=N–C) groups is 1. The van der Waals surface area contributed by atoms with Crippen LogP contribution in [0, 0.1) is 16.0 Å². The van der Waals surface area contributed by atoms with Crippen molar-refractivity contribution in [3.63, 3.8) is 0 Å². The van der Waals surface area contributed by atoms with Gasteiger partial charge in [-0.15, -0.1) is 11.8 Å². The van der Waals surface area contributed by atoms with Gasteiger partial charge in [-0.3, -0.25) is 15.8 Å². The molecule has 1 atom stereocenters. The summed E-state index contributed by atoms with van der Waals surface area (Å²) in [5.41, 5.74) is 6.35. The molecule has 8 nitrogen and oxygen atoms in total. The number of hydrogen-bond donors (Lipinski definition) is 3. The number of nitrogens with zero attached hydrogens (tertiary/aromatic N) is 3. The van der Waals surface area contributed by atoms with E-state index >= 15 is 0 Å². The summed E-state index contributed by atoms with van der Waals surface area (Å²) < 4.78 is 0. The molecule has 0 saturated carbocycles. The Hall–Kier alpha value is -2.10. The van der Waals surface area contributed by atoms with Gasteiger partial charge in [-0.25, -0.2) is 4.99 Å². The number of nitro groups is 1. The third-order valence-corrected chi connectivity index (χ3v) is 6.23. The van der Waals surface area contributed by atoms with Gasteiger partial charge in [0.1, 0.15) is 0 Å². The maximum absolute atomic E-state index is 11.6. The minimum absolute atomic E-state index is 0.0464. The van der Waals surface area contributed by atoms with E-state index in [0.717, 1.165) is 36.4 Å². The number of piperidine rings is 1. The topological polar surface area (TPSA) is 109 Å². The van der Waals surface area contributed by atoms with Gasteiger partial charge in [0.15, 0.2) is 11.6 Å². The molecule has 1 aromatic rings. The summed E-state index contributed by atoms with van der Waals surface area (Å²) in [7, 11) is 2.09. The van der Waals surface area contributed by atoms with Crippen molar-refractivity contribution in [1.82, 2.24) is 15.5 Å². The first-order valence-corrected chi connectivity index (χ1v) is 10.7. The molecule has 1 fully saturated rings. The average Bonchev–Trinajstić information content (AvgIpc) is 2.68. The molecule has 3 rings (SSSR count). The lowest BCUT2D eigenvalue weighted by atomic mass is 9.85. The molecule has 0 radical (unpaired) electrons. The molecule has 2 aliphatic rings. The van der Waals surface area contributed by atoms with Crippen molar-refractivity contribution in [3.8, 4) is 0 Å². The zero-order valence-electron chi connectivity index (χ0n) is 16.4. The molecule has 152 valence electrons. The Morgan fingerprint density at radius 2 is 2.11 bits per heavy atom. The maximum Gasteiger partial charge on any atom is 0.301 e. The second-order valence-corrected chi connectivity index (χ2v) is 8.30. The van der Waals surface area contributed by atoms with E-state index in [1.54, 1.807) is 11.8 Å². The molecule has 0 amide bonds. The van der Waals surface area contributed by atoms with Crippen LogP contribution in [0.25, 0.3) is 0 Å². The summed E-state index contributed by atoms with van der Waals surface area (Å²) in [5.74, 6) is 0.811. The Morgan fingerprint density at radius 3 is 2.79 bits per heavy atom. The molecule has 1 unspecified atom stereocenters. The van der Waals surface area contributed by atoms with Crippen molar-refractivity contribution in [1.29, 1.82) is 0 Å². The van der Waals surface area contributed by atoms with E-state index in [-0.39, 0.29) is 5.70 Å². The minimum atomic E-state index is -1.23. The normalized spacial score (nSPS) is 25.1. The Morgan fingerprint density at radius 1 is 1.39 bits per heavy atom. The minimum Gasteiger partial charge on any atom is -0.329 e. The first-order valence-electron chi connectivity index (χ1n) is 9.45. The molecule has 0 aliphatic carbocycles. The molecule has 1 saturated heterocycles. The molecular formula is C19H28N6O2S. The van der Waals surface area contributed by atoms with Crippen molar-refractivity contribution in [2.24, 2.45) is 16.6 Å². The fourth-order valence-corrected chi connectivity index (χ4v) is 4.36. The summed E-state index contributed by atoms with van der Waals surface area (Å²) in [6.45, 7) is 2.45. The van der Waals surface area contributed by atoms with Gasteiger partial charge in [0.2, 0.25) is 0 Å². The Labute approximate surface area is 169 Å². The van der Waals surface area contributed by atoms with E-state index in [9.17, 15) is 10.1 Å². The number of thioether (sulfide) groups is 1. The molecule has 0 bridgehead atoms. The number of benzene rings is 1. The second-order valence-electron chi connectivity index (χ2n) is 7.45. The Balaban J connectivity index is 1.76. The van der Waals surface area contributed by atoms with Gasteiger partial charge in [0, 0.05) is 4.90 Å². The molecule has 0 aromatic heterocycles. The fraction of sp³-hybridized carbons (Fsp3) is 0.526. The summed E-state index contributed by atoms with van der Waals surface area (Å²) in [5, 5.41) is 17.6. The van der Waals surface area contributed by atoms with Crippen LogP contribution in [-0.4, -0.2) is 47.8 Å². The highest BCUT2D eigenvalue weighted by Crippen LogP contribution is 2.29. The van der Waals surface area contributed by atoms with Crippen LogP contribution in [0.2, 0.25) is 0 Å². The maximum atomic E-state index is 11.6. The predicted octanol–water partition coefficient (Wildman–Crippen LogP) is 1.96. The van der Waals surface area contributed by atoms with Crippen molar-refractivity contribution >= 4 is 17.7 Å². The van der Waals surface area contributed by atoms with E-state index in [4.69, 9.17) is 5.73 Å². The van der Waals surface area contributed by atoms with Crippen LogP contribution in [0.15, 0.2) is 46.1 Å².